The van der Waals surface area contributed by atoms with E-state index < -0.39 is 0 Å². The number of piperazine rings is 1. The lowest BCUT2D eigenvalue weighted by Gasteiger charge is -2.46. The SMILES string of the molecule is C=CC(=O)N1CCN(c2nc(OCC3CCCN3C)nc3c2CCC2(CCN(c4ccccc4C)CC2)C3)CC1CC#N. The average molecular weight is 584 g/mol. The summed E-state index contributed by atoms with van der Waals surface area (Å²) in [6.07, 6.45) is 9.25. The summed E-state index contributed by atoms with van der Waals surface area (Å²) in [4.78, 5) is 31.6. The van der Waals surface area contributed by atoms with Crippen LogP contribution in [0.4, 0.5) is 11.5 Å². The Hall–Kier alpha value is -3.64. The summed E-state index contributed by atoms with van der Waals surface area (Å²) in [5.41, 5.74) is 5.27. The van der Waals surface area contributed by atoms with E-state index in [0.29, 0.717) is 38.3 Å². The Morgan fingerprint density at radius 1 is 1.12 bits per heavy atom. The van der Waals surface area contributed by atoms with Crippen molar-refractivity contribution < 1.29 is 9.53 Å². The van der Waals surface area contributed by atoms with Crippen molar-refractivity contribution in [3.05, 3.63) is 53.7 Å². The third-order valence-electron chi connectivity index (χ3n) is 10.4. The molecule has 4 aliphatic rings. The number of para-hydroxylation sites is 1. The van der Waals surface area contributed by atoms with E-state index in [1.165, 1.54) is 29.3 Å². The molecule has 43 heavy (non-hydrogen) atoms. The number of likely N-dealkylation sites (tertiary alicyclic amines) is 1. The zero-order valence-electron chi connectivity index (χ0n) is 25.8. The highest BCUT2D eigenvalue weighted by molar-refractivity contribution is 5.87. The van der Waals surface area contributed by atoms with Crippen molar-refractivity contribution in [1.82, 2.24) is 19.8 Å². The molecule has 0 N–H and O–H groups in total. The second kappa shape index (κ2) is 12.5. The fourth-order valence-corrected chi connectivity index (χ4v) is 7.72. The van der Waals surface area contributed by atoms with Gasteiger partial charge in [0.1, 0.15) is 12.4 Å². The van der Waals surface area contributed by atoms with Gasteiger partial charge in [-0.05, 0) is 88.6 Å². The minimum atomic E-state index is -0.202. The van der Waals surface area contributed by atoms with Crippen molar-refractivity contribution in [2.45, 2.75) is 70.4 Å². The zero-order chi connectivity index (χ0) is 30.0. The number of aryl methyl sites for hydroxylation is 1. The van der Waals surface area contributed by atoms with Gasteiger partial charge < -0.3 is 24.3 Å². The summed E-state index contributed by atoms with van der Waals surface area (Å²) in [5, 5.41) is 9.54. The smallest absolute Gasteiger partial charge is 0.318 e. The van der Waals surface area contributed by atoms with Crippen LogP contribution in [0.3, 0.4) is 0 Å². The van der Waals surface area contributed by atoms with Gasteiger partial charge in [0, 0.05) is 50.0 Å². The van der Waals surface area contributed by atoms with Crippen molar-refractivity contribution in [3.8, 4) is 12.1 Å². The molecule has 9 heteroatoms. The number of ether oxygens (including phenoxy) is 1. The zero-order valence-corrected chi connectivity index (χ0v) is 25.8. The van der Waals surface area contributed by atoms with Crippen LogP contribution in [0.2, 0.25) is 0 Å². The molecule has 0 bridgehead atoms. The molecule has 1 spiro atoms. The number of amides is 1. The van der Waals surface area contributed by atoms with E-state index in [-0.39, 0.29) is 23.8 Å². The molecule has 0 saturated carbocycles. The molecule has 1 aliphatic carbocycles. The number of hydrogen-bond donors (Lipinski definition) is 0. The van der Waals surface area contributed by atoms with Gasteiger partial charge in [0.15, 0.2) is 0 Å². The molecule has 1 aromatic carbocycles. The summed E-state index contributed by atoms with van der Waals surface area (Å²) in [7, 11) is 2.16. The predicted molar refractivity (Wildman–Crippen MR) is 168 cm³/mol. The maximum atomic E-state index is 12.6. The Morgan fingerprint density at radius 2 is 1.93 bits per heavy atom. The number of rotatable bonds is 7. The molecule has 2 atom stereocenters. The Morgan fingerprint density at radius 3 is 2.65 bits per heavy atom. The van der Waals surface area contributed by atoms with Crippen molar-refractivity contribution in [2.24, 2.45) is 5.41 Å². The van der Waals surface area contributed by atoms with Crippen LogP contribution in [-0.2, 0) is 17.6 Å². The number of piperidine rings is 1. The number of carbonyl (C=O) groups excluding carboxylic acids is 1. The molecule has 6 rings (SSSR count). The first-order chi connectivity index (χ1) is 20.9. The van der Waals surface area contributed by atoms with Crippen LogP contribution in [0, 0.1) is 23.7 Å². The molecule has 2 unspecified atom stereocenters. The fraction of sp³-hybridized carbons (Fsp3) is 0.588. The number of nitrogens with zero attached hydrogens (tertiary/aromatic N) is 7. The van der Waals surface area contributed by atoms with Crippen LogP contribution in [-0.4, -0.2) is 90.7 Å². The first-order valence-corrected chi connectivity index (χ1v) is 16.0. The summed E-state index contributed by atoms with van der Waals surface area (Å²) in [6.45, 7) is 11.4. The molecular formula is C34H45N7O2. The van der Waals surface area contributed by atoms with Crippen molar-refractivity contribution in [2.75, 3.05) is 62.7 Å². The maximum absolute atomic E-state index is 12.6. The summed E-state index contributed by atoms with van der Waals surface area (Å²) < 4.78 is 6.34. The van der Waals surface area contributed by atoms with Gasteiger partial charge in [0.25, 0.3) is 0 Å². The number of benzene rings is 1. The Balaban J connectivity index is 1.25. The van der Waals surface area contributed by atoms with Crippen LogP contribution >= 0.6 is 0 Å². The van der Waals surface area contributed by atoms with Crippen molar-refractivity contribution in [3.63, 3.8) is 0 Å². The molecule has 3 fully saturated rings. The van der Waals surface area contributed by atoms with Crippen molar-refractivity contribution in [1.29, 1.82) is 5.26 Å². The highest BCUT2D eigenvalue weighted by Crippen LogP contribution is 2.46. The molecule has 0 radical (unpaired) electrons. The number of anilines is 2. The topological polar surface area (TPSA) is 88.8 Å². The van der Waals surface area contributed by atoms with Gasteiger partial charge in [-0.15, -0.1) is 0 Å². The van der Waals surface area contributed by atoms with E-state index >= 15 is 0 Å². The second-order valence-corrected chi connectivity index (χ2v) is 13.0. The van der Waals surface area contributed by atoms with Crippen LogP contribution in [0.25, 0.3) is 0 Å². The predicted octanol–water partition coefficient (Wildman–Crippen LogP) is 4.15. The van der Waals surface area contributed by atoms with Crippen LogP contribution < -0.4 is 14.5 Å². The Labute approximate surface area is 256 Å². The summed E-state index contributed by atoms with van der Waals surface area (Å²) >= 11 is 0. The van der Waals surface area contributed by atoms with Crippen LogP contribution in [0.1, 0.15) is 55.3 Å². The number of aromatic nitrogens is 2. The van der Waals surface area contributed by atoms with E-state index in [9.17, 15) is 10.1 Å². The number of hydrogen-bond acceptors (Lipinski definition) is 8. The van der Waals surface area contributed by atoms with E-state index in [0.717, 1.165) is 69.7 Å². The lowest BCUT2D eigenvalue weighted by Crippen LogP contribution is -2.55. The second-order valence-electron chi connectivity index (χ2n) is 13.0. The lowest BCUT2D eigenvalue weighted by molar-refractivity contribution is -0.128. The van der Waals surface area contributed by atoms with Gasteiger partial charge in [-0.3, -0.25) is 4.79 Å². The average Bonchev–Trinajstić information content (AvgIpc) is 3.44. The molecule has 3 aliphatic heterocycles. The molecule has 9 nitrogen and oxygen atoms in total. The van der Waals surface area contributed by atoms with Gasteiger partial charge in [-0.1, -0.05) is 24.8 Å². The first-order valence-electron chi connectivity index (χ1n) is 16.0. The van der Waals surface area contributed by atoms with Gasteiger partial charge in [0.05, 0.1) is 24.2 Å². The normalized spacial score (nSPS) is 23.6. The van der Waals surface area contributed by atoms with Gasteiger partial charge in [-0.25, -0.2) is 0 Å². The van der Waals surface area contributed by atoms with E-state index in [1.54, 1.807) is 4.90 Å². The number of nitriles is 1. The molecule has 2 aromatic rings. The highest BCUT2D eigenvalue weighted by Gasteiger charge is 2.41. The Bertz CT molecular complexity index is 1380. The monoisotopic (exact) mass is 583 g/mol. The minimum absolute atomic E-state index is 0.117. The van der Waals surface area contributed by atoms with E-state index in [1.807, 2.05) is 0 Å². The number of fused-ring (bicyclic) bond motifs is 1. The largest absolute Gasteiger partial charge is 0.462 e. The van der Waals surface area contributed by atoms with E-state index in [4.69, 9.17) is 14.7 Å². The first kappa shape index (κ1) is 29.4. The van der Waals surface area contributed by atoms with Gasteiger partial charge >= 0.3 is 6.01 Å². The third-order valence-corrected chi connectivity index (χ3v) is 10.4. The molecule has 3 saturated heterocycles. The van der Waals surface area contributed by atoms with Gasteiger partial charge in [-0.2, -0.15) is 15.2 Å². The third kappa shape index (κ3) is 6.08. The van der Waals surface area contributed by atoms with Gasteiger partial charge in [0.2, 0.25) is 5.91 Å². The molecular weight excluding hydrogens is 538 g/mol. The number of carbonyl (C=O) groups is 1. The standard InChI is InChI=1S/C34H45N7O2/c1-4-31(42)41-21-20-40(23-26(41)12-16-35)32-28-11-13-34(14-18-39(19-15-34)30-10-6-5-8-25(30)2)22-29(28)36-33(37-32)43-24-27-9-7-17-38(27)3/h4-6,8,10,26-27H,1,7,9,11-15,17-24H2,2-3H3. The number of likely N-dealkylation sites (N-methyl/N-ethyl adjacent to an activating group) is 1. The quantitative estimate of drug-likeness (QED) is 0.450. The van der Waals surface area contributed by atoms with Crippen LogP contribution in [0.15, 0.2) is 36.9 Å². The maximum Gasteiger partial charge on any atom is 0.318 e. The highest BCUT2D eigenvalue weighted by atomic mass is 16.5. The van der Waals surface area contributed by atoms with E-state index in [2.05, 4.69) is 65.6 Å². The fourth-order valence-electron chi connectivity index (χ4n) is 7.72. The summed E-state index contributed by atoms with van der Waals surface area (Å²) in [5.74, 6) is 0.814. The lowest BCUT2D eigenvalue weighted by atomic mass is 9.67. The molecule has 1 aromatic heterocycles. The summed E-state index contributed by atoms with van der Waals surface area (Å²) in [6, 6.07) is 11.6. The van der Waals surface area contributed by atoms with Crippen LogP contribution in [0.5, 0.6) is 6.01 Å². The van der Waals surface area contributed by atoms with Crippen molar-refractivity contribution >= 4 is 17.4 Å². The minimum Gasteiger partial charge on any atom is -0.462 e. The molecule has 228 valence electrons. The Kier molecular flexibility index (Phi) is 8.58. The molecule has 4 heterocycles. The molecule has 1 amide bonds.